The molecule has 2 unspecified atom stereocenters. The molecule has 2 atom stereocenters. The Labute approximate surface area is 96.9 Å². The van der Waals surface area contributed by atoms with E-state index in [1.54, 1.807) is 7.11 Å². The van der Waals surface area contributed by atoms with Gasteiger partial charge >= 0.3 is 0 Å². The third-order valence-electron chi connectivity index (χ3n) is 2.75. The lowest BCUT2D eigenvalue weighted by molar-refractivity contribution is -0.129. The quantitative estimate of drug-likeness (QED) is 0.626. The van der Waals surface area contributed by atoms with Crippen LogP contribution in [-0.4, -0.2) is 51.5 Å². The average Bonchev–Trinajstić information content (AvgIpc) is 2.28. The monoisotopic (exact) mass is 230 g/mol. The number of hydrogen-bond acceptors (Lipinski definition) is 4. The van der Waals surface area contributed by atoms with Gasteiger partial charge in [0.1, 0.15) is 6.61 Å². The Morgan fingerprint density at radius 2 is 2.38 bits per heavy atom. The first-order chi connectivity index (χ1) is 7.74. The van der Waals surface area contributed by atoms with Crippen LogP contribution in [0.4, 0.5) is 0 Å². The standard InChI is InChI=1S/C11H22N2O3/c1-9-10(4-3-5-12-9)16-8-11(14)13-6-7-15-2/h9-10,12H,3-8H2,1-2H3,(H,13,14). The molecule has 0 aromatic rings. The van der Waals surface area contributed by atoms with Crippen molar-refractivity contribution in [3.8, 4) is 0 Å². The normalized spacial score (nSPS) is 25.4. The van der Waals surface area contributed by atoms with Crippen LogP contribution < -0.4 is 10.6 Å². The second kappa shape index (κ2) is 7.60. The summed E-state index contributed by atoms with van der Waals surface area (Å²) in [5, 5.41) is 6.06. The fourth-order valence-electron chi connectivity index (χ4n) is 1.77. The summed E-state index contributed by atoms with van der Waals surface area (Å²) in [5.74, 6) is -0.0742. The Morgan fingerprint density at radius 3 is 3.06 bits per heavy atom. The van der Waals surface area contributed by atoms with Gasteiger partial charge in [0.05, 0.1) is 12.7 Å². The van der Waals surface area contributed by atoms with Crippen LogP contribution in [0.3, 0.4) is 0 Å². The third-order valence-corrected chi connectivity index (χ3v) is 2.75. The first-order valence-corrected chi connectivity index (χ1v) is 5.84. The molecule has 2 N–H and O–H groups in total. The minimum absolute atomic E-state index is 0.0742. The number of carbonyl (C=O) groups is 1. The zero-order valence-corrected chi connectivity index (χ0v) is 10.1. The molecule has 5 heteroatoms. The van der Waals surface area contributed by atoms with Crippen LogP contribution in [0, 0.1) is 0 Å². The first-order valence-electron chi connectivity index (χ1n) is 5.84. The highest BCUT2D eigenvalue weighted by Crippen LogP contribution is 2.11. The molecular formula is C11H22N2O3. The smallest absolute Gasteiger partial charge is 0.246 e. The van der Waals surface area contributed by atoms with E-state index in [1.807, 2.05) is 0 Å². The van der Waals surface area contributed by atoms with Gasteiger partial charge in [-0.2, -0.15) is 0 Å². The van der Waals surface area contributed by atoms with Crippen LogP contribution in [-0.2, 0) is 14.3 Å². The minimum Gasteiger partial charge on any atom is -0.383 e. The Bertz CT molecular complexity index is 211. The molecule has 0 saturated carbocycles. The van der Waals surface area contributed by atoms with E-state index >= 15 is 0 Å². The van der Waals surface area contributed by atoms with Crippen molar-refractivity contribution in [1.29, 1.82) is 0 Å². The SMILES string of the molecule is COCCNC(=O)COC1CCCNC1C. The van der Waals surface area contributed by atoms with Gasteiger partial charge in [-0.25, -0.2) is 0 Å². The average molecular weight is 230 g/mol. The highest BCUT2D eigenvalue weighted by atomic mass is 16.5. The van der Waals surface area contributed by atoms with Gasteiger partial charge in [-0.3, -0.25) is 4.79 Å². The largest absolute Gasteiger partial charge is 0.383 e. The number of rotatable bonds is 6. The zero-order chi connectivity index (χ0) is 11.8. The molecular weight excluding hydrogens is 208 g/mol. The number of piperidine rings is 1. The molecule has 5 nitrogen and oxygen atoms in total. The van der Waals surface area contributed by atoms with Crippen molar-refractivity contribution in [2.75, 3.05) is 33.4 Å². The topological polar surface area (TPSA) is 59.6 Å². The maximum Gasteiger partial charge on any atom is 0.246 e. The summed E-state index contributed by atoms with van der Waals surface area (Å²) >= 11 is 0. The zero-order valence-electron chi connectivity index (χ0n) is 10.1. The van der Waals surface area contributed by atoms with E-state index in [2.05, 4.69) is 17.6 Å². The van der Waals surface area contributed by atoms with Crippen molar-refractivity contribution >= 4 is 5.91 Å². The summed E-state index contributed by atoms with van der Waals surface area (Å²) < 4.78 is 10.4. The number of nitrogens with one attached hydrogen (secondary N) is 2. The number of amides is 1. The highest BCUT2D eigenvalue weighted by Gasteiger charge is 2.21. The third kappa shape index (κ3) is 4.92. The molecule has 1 fully saturated rings. The van der Waals surface area contributed by atoms with E-state index < -0.39 is 0 Å². The predicted molar refractivity (Wildman–Crippen MR) is 61.3 cm³/mol. The molecule has 1 aliphatic rings. The maximum atomic E-state index is 11.4. The number of carbonyl (C=O) groups excluding carboxylic acids is 1. The fraction of sp³-hybridized carbons (Fsp3) is 0.909. The predicted octanol–water partition coefficient (Wildman–Crippen LogP) is -0.0939. The van der Waals surface area contributed by atoms with E-state index in [0.717, 1.165) is 19.4 Å². The summed E-state index contributed by atoms with van der Waals surface area (Å²) in [5.41, 5.74) is 0. The Hall–Kier alpha value is -0.650. The van der Waals surface area contributed by atoms with Gasteiger partial charge in [-0.1, -0.05) is 0 Å². The van der Waals surface area contributed by atoms with E-state index in [0.29, 0.717) is 19.2 Å². The highest BCUT2D eigenvalue weighted by molar-refractivity contribution is 5.77. The van der Waals surface area contributed by atoms with Gasteiger partial charge in [-0.15, -0.1) is 0 Å². The van der Waals surface area contributed by atoms with Gasteiger partial charge < -0.3 is 20.1 Å². The van der Waals surface area contributed by atoms with Crippen molar-refractivity contribution in [2.24, 2.45) is 0 Å². The number of hydrogen-bond donors (Lipinski definition) is 2. The Balaban J connectivity index is 2.10. The molecule has 0 aliphatic carbocycles. The molecule has 0 bridgehead atoms. The summed E-state index contributed by atoms with van der Waals surface area (Å²) in [4.78, 5) is 11.4. The van der Waals surface area contributed by atoms with E-state index in [-0.39, 0.29) is 18.6 Å². The summed E-state index contributed by atoms with van der Waals surface area (Å²) in [6.07, 6.45) is 2.29. The van der Waals surface area contributed by atoms with Crippen LogP contribution in [0.25, 0.3) is 0 Å². The van der Waals surface area contributed by atoms with Gasteiger partial charge in [0.25, 0.3) is 0 Å². The van der Waals surface area contributed by atoms with Gasteiger partial charge in [-0.05, 0) is 26.3 Å². The molecule has 0 aromatic carbocycles. The van der Waals surface area contributed by atoms with E-state index in [9.17, 15) is 4.79 Å². The molecule has 1 aliphatic heterocycles. The van der Waals surface area contributed by atoms with Gasteiger partial charge in [0.2, 0.25) is 5.91 Å². The van der Waals surface area contributed by atoms with Crippen molar-refractivity contribution in [3.63, 3.8) is 0 Å². The second-order valence-corrected chi connectivity index (χ2v) is 4.08. The lowest BCUT2D eigenvalue weighted by Crippen LogP contribution is -2.45. The molecule has 94 valence electrons. The lowest BCUT2D eigenvalue weighted by Gasteiger charge is -2.29. The molecule has 16 heavy (non-hydrogen) atoms. The summed E-state index contributed by atoms with van der Waals surface area (Å²) in [7, 11) is 1.61. The van der Waals surface area contributed by atoms with Crippen LogP contribution in [0.15, 0.2) is 0 Å². The van der Waals surface area contributed by atoms with Crippen LogP contribution >= 0.6 is 0 Å². The molecule has 1 amide bonds. The van der Waals surface area contributed by atoms with Crippen molar-refractivity contribution in [2.45, 2.75) is 31.9 Å². The molecule has 0 spiro atoms. The Kier molecular flexibility index (Phi) is 6.37. The summed E-state index contributed by atoms with van der Waals surface area (Å²) in [6, 6.07) is 0.334. The van der Waals surface area contributed by atoms with E-state index in [1.165, 1.54) is 0 Å². The summed E-state index contributed by atoms with van der Waals surface area (Å²) in [6.45, 7) is 4.35. The Morgan fingerprint density at radius 1 is 1.56 bits per heavy atom. The van der Waals surface area contributed by atoms with E-state index in [4.69, 9.17) is 9.47 Å². The van der Waals surface area contributed by atoms with Crippen molar-refractivity contribution in [3.05, 3.63) is 0 Å². The fourth-order valence-corrected chi connectivity index (χ4v) is 1.77. The molecule has 0 aromatic heterocycles. The molecule has 0 radical (unpaired) electrons. The maximum absolute atomic E-state index is 11.4. The van der Waals surface area contributed by atoms with Crippen molar-refractivity contribution < 1.29 is 14.3 Å². The second-order valence-electron chi connectivity index (χ2n) is 4.08. The van der Waals surface area contributed by atoms with Crippen molar-refractivity contribution in [1.82, 2.24) is 10.6 Å². The van der Waals surface area contributed by atoms with Crippen LogP contribution in [0.1, 0.15) is 19.8 Å². The number of ether oxygens (including phenoxy) is 2. The molecule has 1 saturated heterocycles. The number of methoxy groups -OCH3 is 1. The minimum atomic E-state index is -0.0742. The molecule has 1 heterocycles. The van der Waals surface area contributed by atoms with Gasteiger partial charge in [0.15, 0.2) is 0 Å². The van der Waals surface area contributed by atoms with Crippen LogP contribution in [0.2, 0.25) is 0 Å². The van der Waals surface area contributed by atoms with Crippen LogP contribution in [0.5, 0.6) is 0 Å². The molecule has 1 rings (SSSR count). The lowest BCUT2D eigenvalue weighted by atomic mass is 10.0. The van der Waals surface area contributed by atoms with Gasteiger partial charge in [0, 0.05) is 19.7 Å². The first kappa shape index (κ1) is 13.4.